The number of nitrogens with one attached hydrogen (secondary N) is 2. The first-order chi connectivity index (χ1) is 12.0. The van der Waals surface area contributed by atoms with Gasteiger partial charge in [-0.05, 0) is 62.4 Å². The van der Waals surface area contributed by atoms with E-state index in [1.807, 2.05) is 24.3 Å². The third kappa shape index (κ3) is 5.80. The van der Waals surface area contributed by atoms with Crippen LogP contribution in [-0.2, 0) is 9.59 Å². The Morgan fingerprint density at radius 1 is 0.840 bits per heavy atom. The maximum absolute atomic E-state index is 12.0. The van der Waals surface area contributed by atoms with Crippen molar-refractivity contribution in [3.8, 4) is 0 Å². The maximum atomic E-state index is 12.0. The Bertz CT molecular complexity index is 710. The molecule has 0 bridgehead atoms. The zero-order valence-corrected chi connectivity index (χ0v) is 15.1. The summed E-state index contributed by atoms with van der Waals surface area (Å²) in [6.07, 6.45) is -0.250. The average Bonchev–Trinajstić information content (AvgIpc) is 2.59. The smallest absolute Gasteiger partial charge is 0.233 e. The number of hydrogen-bond donors (Lipinski definition) is 2. The van der Waals surface area contributed by atoms with E-state index < -0.39 is 0 Å². The molecule has 25 heavy (non-hydrogen) atoms. The minimum atomic E-state index is -0.375. The zero-order chi connectivity index (χ0) is 18.2. The van der Waals surface area contributed by atoms with Gasteiger partial charge in [0, 0.05) is 35.2 Å². The Labute approximate surface area is 153 Å². The van der Waals surface area contributed by atoms with Crippen LogP contribution in [0.2, 0.25) is 5.02 Å². The molecule has 5 nitrogen and oxygen atoms in total. The second-order valence-corrected chi connectivity index (χ2v) is 5.94. The number of rotatable bonds is 7. The first kappa shape index (κ1) is 18.8. The van der Waals surface area contributed by atoms with Crippen molar-refractivity contribution in [2.45, 2.75) is 20.3 Å². The molecule has 2 N–H and O–H groups in total. The second kappa shape index (κ2) is 9.08. The molecule has 0 saturated carbocycles. The molecule has 0 aliphatic heterocycles. The number of hydrogen-bond acceptors (Lipinski definition) is 3. The van der Waals surface area contributed by atoms with E-state index in [2.05, 4.69) is 29.4 Å². The summed E-state index contributed by atoms with van der Waals surface area (Å²) < 4.78 is 0. The lowest BCUT2D eigenvalue weighted by Gasteiger charge is -2.21. The van der Waals surface area contributed by atoms with Crippen LogP contribution in [0.25, 0.3) is 0 Å². The largest absolute Gasteiger partial charge is 0.372 e. The molecule has 0 unspecified atom stereocenters. The highest BCUT2D eigenvalue weighted by molar-refractivity contribution is 6.30. The lowest BCUT2D eigenvalue weighted by molar-refractivity contribution is -0.123. The fourth-order valence-corrected chi connectivity index (χ4v) is 2.56. The molecular weight excluding hydrogens is 338 g/mol. The van der Waals surface area contributed by atoms with Crippen molar-refractivity contribution in [3.63, 3.8) is 0 Å². The highest BCUT2D eigenvalue weighted by Crippen LogP contribution is 2.18. The molecule has 2 aromatic carbocycles. The van der Waals surface area contributed by atoms with Crippen LogP contribution >= 0.6 is 11.6 Å². The SMILES string of the molecule is CCN(CC)c1ccc(NC(=O)CC(=O)Nc2ccc(Cl)cc2)cc1. The molecule has 0 aliphatic rings. The van der Waals surface area contributed by atoms with Crippen LogP contribution in [0.5, 0.6) is 0 Å². The molecule has 2 amide bonds. The summed E-state index contributed by atoms with van der Waals surface area (Å²) in [5, 5.41) is 5.98. The van der Waals surface area contributed by atoms with Gasteiger partial charge < -0.3 is 15.5 Å². The summed E-state index contributed by atoms with van der Waals surface area (Å²) in [6.45, 7) is 6.04. The maximum Gasteiger partial charge on any atom is 0.233 e. The first-order valence-electron chi connectivity index (χ1n) is 8.22. The Hall–Kier alpha value is -2.53. The van der Waals surface area contributed by atoms with Crippen LogP contribution in [0, 0.1) is 0 Å². The van der Waals surface area contributed by atoms with Gasteiger partial charge in [0.05, 0.1) is 0 Å². The van der Waals surface area contributed by atoms with E-state index in [-0.39, 0.29) is 18.2 Å². The van der Waals surface area contributed by atoms with Gasteiger partial charge in [0.15, 0.2) is 0 Å². The van der Waals surface area contributed by atoms with E-state index in [0.717, 1.165) is 18.8 Å². The average molecular weight is 360 g/mol. The van der Waals surface area contributed by atoms with Gasteiger partial charge in [-0.2, -0.15) is 0 Å². The van der Waals surface area contributed by atoms with Gasteiger partial charge in [0.2, 0.25) is 11.8 Å². The van der Waals surface area contributed by atoms with Gasteiger partial charge in [-0.1, -0.05) is 11.6 Å². The van der Waals surface area contributed by atoms with Gasteiger partial charge in [0.1, 0.15) is 6.42 Å². The molecule has 0 aliphatic carbocycles. The molecule has 0 fully saturated rings. The number of benzene rings is 2. The predicted molar refractivity (Wildman–Crippen MR) is 103 cm³/mol. The van der Waals surface area contributed by atoms with Gasteiger partial charge in [-0.3, -0.25) is 9.59 Å². The highest BCUT2D eigenvalue weighted by atomic mass is 35.5. The summed E-state index contributed by atoms with van der Waals surface area (Å²) in [6, 6.07) is 14.3. The normalized spacial score (nSPS) is 10.2. The molecule has 2 aromatic rings. The minimum absolute atomic E-state index is 0.250. The lowest BCUT2D eigenvalue weighted by atomic mass is 10.2. The molecule has 0 atom stereocenters. The van der Waals surface area contributed by atoms with Crippen LogP contribution in [0.15, 0.2) is 48.5 Å². The summed E-state index contributed by atoms with van der Waals surface area (Å²) >= 11 is 5.79. The van der Waals surface area contributed by atoms with Crippen LogP contribution < -0.4 is 15.5 Å². The van der Waals surface area contributed by atoms with Gasteiger partial charge in [-0.15, -0.1) is 0 Å². The van der Waals surface area contributed by atoms with Crippen LogP contribution in [0.4, 0.5) is 17.1 Å². The van der Waals surface area contributed by atoms with Crippen molar-refractivity contribution in [1.82, 2.24) is 0 Å². The van der Waals surface area contributed by atoms with Crippen LogP contribution in [-0.4, -0.2) is 24.9 Å². The Morgan fingerprint density at radius 3 is 1.72 bits per heavy atom. The molecule has 0 aromatic heterocycles. The summed E-state index contributed by atoms with van der Waals surface area (Å²) in [5.41, 5.74) is 2.37. The van der Waals surface area contributed by atoms with Crippen molar-refractivity contribution >= 4 is 40.5 Å². The Kier molecular flexibility index (Phi) is 6.83. The van der Waals surface area contributed by atoms with Gasteiger partial charge in [-0.25, -0.2) is 0 Å². The molecule has 0 spiro atoms. The number of carbonyl (C=O) groups is 2. The van der Waals surface area contributed by atoms with Crippen LogP contribution in [0.3, 0.4) is 0 Å². The van der Waals surface area contributed by atoms with E-state index in [4.69, 9.17) is 11.6 Å². The van der Waals surface area contributed by atoms with E-state index in [0.29, 0.717) is 16.4 Å². The van der Waals surface area contributed by atoms with Crippen molar-refractivity contribution < 1.29 is 9.59 Å². The van der Waals surface area contributed by atoms with E-state index in [1.165, 1.54) is 0 Å². The first-order valence-corrected chi connectivity index (χ1v) is 8.60. The van der Waals surface area contributed by atoms with Crippen molar-refractivity contribution in [1.29, 1.82) is 0 Å². The molecule has 132 valence electrons. The monoisotopic (exact) mass is 359 g/mol. The Balaban J connectivity index is 1.87. The summed E-state index contributed by atoms with van der Waals surface area (Å²) in [5.74, 6) is -0.735. The fourth-order valence-electron chi connectivity index (χ4n) is 2.43. The fraction of sp³-hybridized carbons (Fsp3) is 0.263. The molecule has 6 heteroatoms. The quantitative estimate of drug-likeness (QED) is 0.730. The van der Waals surface area contributed by atoms with Crippen molar-refractivity contribution in [2.24, 2.45) is 0 Å². The van der Waals surface area contributed by atoms with E-state index in [9.17, 15) is 9.59 Å². The third-order valence-corrected chi connectivity index (χ3v) is 3.98. The van der Waals surface area contributed by atoms with E-state index >= 15 is 0 Å². The summed E-state index contributed by atoms with van der Waals surface area (Å²) in [4.78, 5) is 26.1. The number of carbonyl (C=O) groups excluding carboxylic acids is 2. The van der Waals surface area contributed by atoms with Crippen molar-refractivity contribution in [3.05, 3.63) is 53.6 Å². The van der Waals surface area contributed by atoms with E-state index in [1.54, 1.807) is 24.3 Å². The molecular formula is C19H22ClN3O2. The number of halogens is 1. The third-order valence-electron chi connectivity index (χ3n) is 3.73. The molecule has 0 radical (unpaired) electrons. The lowest BCUT2D eigenvalue weighted by Crippen LogP contribution is -2.22. The molecule has 0 saturated heterocycles. The highest BCUT2D eigenvalue weighted by Gasteiger charge is 2.10. The van der Waals surface area contributed by atoms with Crippen molar-refractivity contribution in [2.75, 3.05) is 28.6 Å². The molecule has 0 heterocycles. The minimum Gasteiger partial charge on any atom is -0.372 e. The Morgan fingerprint density at radius 2 is 1.28 bits per heavy atom. The zero-order valence-electron chi connectivity index (χ0n) is 14.4. The predicted octanol–water partition coefficient (Wildman–Crippen LogP) is 4.15. The topological polar surface area (TPSA) is 61.4 Å². The standard InChI is InChI=1S/C19H22ClN3O2/c1-3-23(4-2)17-11-9-16(10-12-17)22-19(25)13-18(24)21-15-7-5-14(20)6-8-15/h5-12H,3-4,13H2,1-2H3,(H,21,24)(H,22,25). The number of nitrogens with zero attached hydrogens (tertiary/aromatic N) is 1. The number of amides is 2. The molecule has 2 rings (SSSR count). The number of anilines is 3. The van der Waals surface area contributed by atoms with Gasteiger partial charge in [0.25, 0.3) is 0 Å². The second-order valence-electron chi connectivity index (χ2n) is 5.50. The van der Waals surface area contributed by atoms with Gasteiger partial charge >= 0.3 is 0 Å². The van der Waals surface area contributed by atoms with Crippen LogP contribution in [0.1, 0.15) is 20.3 Å². The summed E-state index contributed by atoms with van der Waals surface area (Å²) in [7, 11) is 0.